The Labute approximate surface area is 153 Å². The van der Waals surface area contributed by atoms with Crippen molar-refractivity contribution in [1.29, 1.82) is 0 Å². The number of carbonyl (C=O) groups is 1. The molecule has 0 amide bonds. The molecule has 2 bridgehead atoms. The van der Waals surface area contributed by atoms with Crippen molar-refractivity contribution in [2.24, 2.45) is 16.7 Å². The Kier molecular flexibility index (Phi) is 5.09. The van der Waals surface area contributed by atoms with Crippen molar-refractivity contribution in [2.75, 3.05) is 6.61 Å². The summed E-state index contributed by atoms with van der Waals surface area (Å²) in [7, 11) is 0. The zero-order chi connectivity index (χ0) is 18.3. The Balaban J connectivity index is 1.54. The zero-order valence-electron chi connectivity index (χ0n) is 16.7. The number of hydrogen-bond acceptors (Lipinski definition) is 3. The van der Waals surface area contributed by atoms with Crippen LogP contribution in [-0.4, -0.2) is 24.3 Å². The van der Waals surface area contributed by atoms with Crippen LogP contribution >= 0.6 is 0 Å². The monoisotopic (exact) mass is 348 g/mol. The van der Waals surface area contributed by atoms with Gasteiger partial charge in [-0.05, 0) is 68.1 Å². The molecule has 3 heteroatoms. The maximum atomic E-state index is 12.5. The van der Waals surface area contributed by atoms with E-state index in [0.717, 1.165) is 44.4 Å². The van der Waals surface area contributed by atoms with E-state index >= 15 is 0 Å². The smallest absolute Gasteiger partial charge is 0.336 e. The first kappa shape index (κ1) is 18.9. The standard InChI is InChI=1S/C22H36O3/c1-6-22(11-8-7-9-12-22)25-19(23)16(2)15-24-18-14-17-10-13-21(18,5)20(17,3)4/h17-18H,2,6-15H2,1,3-5H3. The Morgan fingerprint density at radius 1 is 1.12 bits per heavy atom. The number of carbonyl (C=O) groups excluding carboxylic acids is 1. The van der Waals surface area contributed by atoms with Gasteiger partial charge in [-0.3, -0.25) is 0 Å². The molecule has 3 rings (SSSR count). The highest BCUT2D eigenvalue weighted by molar-refractivity contribution is 5.88. The third-order valence-electron chi connectivity index (χ3n) is 8.18. The summed E-state index contributed by atoms with van der Waals surface area (Å²) in [6.07, 6.45) is 10.3. The van der Waals surface area contributed by atoms with Crippen molar-refractivity contribution in [1.82, 2.24) is 0 Å². The molecule has 3 saturated carbocycles. The highest BCUT2D eigenvalue weighted by Gasteiger charge is 2.61. The van der Waals surface area contributed by atoms with Crippen LogP contribution in [0.2, 0.25) is 0 Å². The molecule has 0 radical (unpaired) electrons. The average Bonchev–Trinajstić information content (AvgIpc) is 2.93. The lowest BCUT2D eigenvalue weighted by molar-refractivity contribution is -0.160. The Morgan fingerprint density at radius 2 is 1.80 bits per heavy atom. The van der Waals surface area contributed by atoms with Crippen LogP contribution in [0, 0.1) is 16.7 Å². The lowest BCUT2D eigenvalue weighted by Gasteiger charge is -2.39. The van der Waals surface area contributed by atoms with E-state index in [9.17, 15) is 4.79 Å². The van der Waals surface area contributed by atoms with Gasteiger partial charge in [-0.2, -0.15) is 0 Å². The Morgan fingerprint density at radius 3 is 2.32 bits per heavy atom. The Hall–Kier alpha value is -0.830. The van der Waals surface area contributed by atoms with Gasteiger partial charge in [0.1, 0.15) is 5.60 Å². The zero-order valence-corrected chi connectivity index (χ0v) is 16.7. The molecular formula is C22H36O3. The highest BCUT2D eigenvalue weighted by atomic mass is 16.6. The van der Waals surface area contributed by atoms with Gasteiger partial charge in [-0.25, -0.2) is 4.79 Å². The van der Waals surface area contributed by atoms with Gasteiger partial charge >= 0.3 is 5.97 Å². The minimum absolute atomic E-state index is 0.218. The first-order valence-corrected chi connectivity index (χ1v) is 10.3. The summed E-state index contributed by atoms with van der Waals surface area (Å²) in [6.45, 7) is 13.5. The van der Waals surface area contributed by atoms with Crippen molar-refractivity contribution < 1.29 is 14.3 Å². The maximum absolute atomic E-state index is 12.5. The van der Waals surface area contributed by atoms with Crippen LogP contribution in [0.5, 0.6) is 0 Å². The number of rotatable bonds is 6. The summed E-state index contributed by atoms with van der Waals surface area (Å²) >= 11 is 0. The van der Waals surface area contributed by atoms with Crippen LogP contribution in [0.3, 0.4) is 0 Å². The van der Waals surface area contributed by atoms with Crippen molar-refractivity contribution >= 4 is 5.97 Å². The van der Waals surface area contributed by atoms with E-state index in [4.69, 9.17) is 9.47 Å². The highest BCUT2D eigenvalue weighted by Crippen LogP contribution is 2.66. The lowest BCUT2D eigenvalue weighted by atomic mass is 9.70. The van der Waals surface area contributed by atoms with Gasteiger partial charge in [0, 0.05) is 0 Å². The first-order chi connectivity index (χ1) is 11.7. The van der Waals surface area contributed by atoms with Crippen LogP contribution < -0.4 is 0 Å². The molecule has 0 saturated heterocycles. The molecule has 3 fully saturated rings. The largest absolute Gasteiger partial charge is 0.456 e. The van der Waals surface area contributed by atoms with E-state index in [1.165, 1.54) is 19.3 Å². The molecule has 0 spiro atoms. The summed E-state index contributed by atoms with van der Waals surface area (Å²) in [5, 5.41) is 0. The number of ether oxygens (including phenoxy) is 2. The lowest BCUT2D eigenvalue weighted by Crippen LogP contribution is -2.39. The molecule has 0 aromatic heterocycles. The molecule has 3 aliphatic rings. The predicted octanol–water partition coefficient (Wildman–Crippen LogP) is 5.43. The summed E-state index contributed by atoms with van der Waals surface area (Å²) in [4.78, 5) is 12.5. The second-order valence-electron chi connectivity index (χ2n) is 9.50. The van der Waals surface area contributed by atoms with Crippen LogP contribution in [-0.2, 0) is 14.3 Å². The molecule has 142 valence electrons. The Bertz CT molecular complexity index is 529. The van der Waals surface area contributed by atoms with Gasteiger partial charge in [0.15, 0.2) is 0 Å². The fraction of sp³-hybridized carbons (Fsp3) is 0.864. The van der Waals surface area contributed by atoms with Gasteiger partial charge in [-0.15, -0.1) is 0 Å². The first-order valence-electron chi connectivity index (χ1n) is 10.3. The minimum atomic E-state index is -0.265. The summed E-state index contributed by atoms with van der Waals surface area (Å²) < 4.78 is 12.1. The average molecular weight is 349 g/mol. The molecule has 0 N–H and O–H groups in total. The molecule has 0 aliphatic heterocycles. The second-order valence-corrected chi connectivity index (χ2v) is 9.50. The molecule has 3 aliphatic carbocycles. The summed E-state index contributed by atoms with van der Waals surface area (Å²) in [5.74, 6) is 0.490. The quantitative estimate of drug-likeness (QED) is 0.474. The number of hydrogen-bond donors (Lipinski definition) is 0. The van der Waals surface area contributed by atoms with E-state index in [-0.39, 0.29) is 23.1 Å². The van der Waals surface area contributed by atoms with Crippen LogP contribution in [0.15, 0.2) is 12.2 Å². The van der Waals surface area contributed by atoms with E-state index in [0.29, 0.717) is 17.6 Å². The van der Waals surface area contributed by atoms with Crippen molar-refractivity contribution in [3.63, 3.8) is 0 Å². The third-order valence-corrected chi connectivity index (χ3v) is 8.18. The molecule has 0 aromatic rings. The molecule has 3 unspecified atom stereocenters. The third kappa shape index (κ3) is 3.18. The number of fused-ring (bicyclic) bond motifs is 2. The fourth-order valence-electron chi connectivity index (χ4n) is 5.64. The van der Waals surface area contributed by atoms with E-state index < -0.39 is 0 Å². The van der Waals surface area contributed by atoms with E-state index in [2.05, 4.69) is 34.3 Å². The summed E-state index contributed by atoms with van der Waals surface area (Å²) in [6, 6.07) is 0. The number of esters is 1. The van der Waals surface area contributed by atoms with Crippen molar-refractivity contribution in [3.05, 3.63) is 12.2 Å². The van der Waals surface area contributed by atoms with Crippen LogP contribution in [0.4, 0.5) is 0 Å². The van der Waals surface area contributed by atoms with Crippen LogP contribution in [0.25, 0.3) is 0 Å². The van der Waals surface area contributed by atoms with Gasteiger partial charge in [-0.1, -0.05) is 40.7 Å². The summed E-state index contributed by atoms with van der Waals surface area (Å²) in [5.41, 5.74) is 0.755. The normalized spacial score (nSPS) is 35.5. The van der Waals surface area contributed by atoms with E-state index in [1.807, 2.05) is 0 Å². The SMILES string of the molecule is C=C(COC1CC2CCC1(C)C2(C)C)C(=O)OC1(CC)CCCCC1. The van der Waals surface area contributed by atoms with E-state index in [1.54, 1.807) is 0 Å². The molecule has 25 heavy (non-hydrogen) atoms. The minimum Gasteiger partial charge on any atom is -0.456 e. The molecule has 3 atom stereocenters. The molecular weight excluding hydrogens is 312 g/mol. The topological polar surface area (TPSA) is 35.5 Å². The van der Waals surface area contributed by atoms with Crippen molar-refractivity contribution in [2.45, 2.75) is 97.2 Å². The molecule has 3 nitrogen and oxygen atoms in total. The van der Waals surface area contributed by atoms with Gasteiger partial charge in [0.25, 0.3) is 0 Å². The van der Waals surface area contributed by atoms with Crippen molar-refractivity contribution in [3.8, 4) is 0 Å². The van der Waals surface area contributed by atoms with Crippen LogP contribution in [0.1, 0.15) is 85.5 Å². The van der Waals surface area contributed by atoms with Gasteiger partial charge in [0.05, 0.1) is 18.3 Å². The fourth-order valence-corrected chi connectivity index (χ4v) is 5.64. The second kappa shape index (κ2) is 6.72. The predicted molar refractivity (Wildman–Crippen MR) is 100 cm³/mol. The van der Waals surface area contributed by atoms with Gasteiger partial charge < -0.3 is 9.47 Å². The molecule has 0 aromatic carbocycles. The molecule has 0 heterocycles. The van der Waals surface area contributed by atoms with Gasteiger partial charge in [0.2, 0.25) is 0 Å². The maximum Gasteiger partial charge on any atom is 0.336 e.